The second-order valence-corrected chi connectivity index (χ2v) is 4.83. The fourth-order valence-corrected chi connectivity index (χ4v) is 2.83. The number of hydrogen-bond acceptors (Lipinski definition) is 4. The molecule has 0 unspecified atom stereocenters. The molecule has 15 heavy (non-hydrogen) atoms. The quantitative estimate of drug-likeness (QED) is 0.743. The van der Waals surface area contributed by atoms with Crippen LogP contribution < -0.4 is 10.6 Å². The Morgan fingerprint density at radius 1 is 1.47 bits per heavy atom. The first kappa shape index (κ1) is 10.8. The van der Waals surface area contributed by atoms with Gasteiger partial charge >= 0.3 is 0 Å². The highest BCUT2D eigenvalue weighted by Crippen LogP contribution is 2.16. The zero-order valence-corrected chi connectivity index (χ0v) is 9.59. The Balaban J connectivity index is 1.59. The van der Waals surface area contributed by atoms with Gasteiger partial charge in [-0.2, -0.15) is 11.8 Å². The summed E-state index contributed by atoms with van der Waals surface area (Å²) in [6.45, 7) is 1.99. The maximum Gasteiger partial charge on any atom is 0.0527 e. The van der Waals surface area contributed by atoms with Crippen molar-refractivity contribution < 1.29 is 0 Å². The summed E-state index contributed by atoms with van der Waals surface area (Å²) in [4.78, 5) is 4.05. The molecule has 1 aliphatic heterocycles. The van der Waals surface area contributed by atoms with Crippen LogP contribution in [0, 0.1) is 0 Å². The summed E-state index contributed by atoms with van der Waals surface area (Å²) in [6, 6.07) is 4.72. The van der Waals surface area contributed by atoms with Crippen LogP contribution >= 0.6 is 11.8 Å². The number of anilines is 1. The zero-order chi connectivity index (χ0) is 10.3. The van der Waals surface area contributed by atoms with Crippen LogP contribution in [0.5, 0.6) is 0 Å². The highest BCUT2D eigenvalue weighted by molar-refractivity contribution is 7.99. The van der Waals surface area contributed by atoms with E-state index >= 15 is 0 Å². The highest BCUT2D eigenvalue weighted by Gasteiger charge is 2.13. The Morgan fingerprint density at radius 2 is 2.47 bits per heavy atom. The molecule has 1 aromatic rings. The van der Waals surface area contributed by atoms with Crippen LogP contribution in [0.3, 0.4) is 0 Å². The van der Waals surface area contributed by atoms with Crippen molar-refractivity contribution in [3.8, 4) is 0 Å². The predicted octanol–water partition coefficient (Wildman–Crippen LogP) is 1.59. The van der Waals surface area contributed by atoms with Gasteiger partial charge in [0.05, 0.1) is 5.69 Å². The van der Waals surface area contributed by atoms with Crippen molar-refractivity contribution in [2.24, 2.45) is 0 Å². The lowest BCUT2D eigenvalue weighted by Crippen LogP contribution is -2.32. The molecule has 1 saturated heterocycles. The van der Waals surface area contributed by atoms with E-state index in [0.717, 1.165) is 24.8 Å². The van der Waals surface area contributed by atoms with E-state index in [4.69, 9.17) is 0 Å². The van der Waals surface area contributed by atoms with Gasteiger partial charge in [0, 0.05) is 37.3 Å². The first-order valence-corrected chi connectivity index (χ1v) is 6.55. The lowest BCUT2D eigenvalue weighted by atomic mass is 10.2. The van der Waals surface area contributed by atoms with Gasteiger partial charge in [0.1, 0.15) is 0 Å². The van der Waals surface area contributed by atoms with Gasteiger partial charge in [-0.05, 0) is 24.3 Å². The fourth-order valence-electron chi connectivity index (χ4n) is 1.65. The van der Waals surface area contributed by atoms with E-state index in [1.54, 1.807) is 6.20 Å². The minimum absolute atomic E-state index is 0.727. The third kappa shape index (κ3) is 3.72. The van der Waals surface area contributed by atoms with Gasteiger partial charge in [0.25, 0.3) is 0 Å². The smallest absolute Gasteiger partial charge is 0.0527 e. The van der Waals surface area contributed by atoms with Gasteiger partial charge in [0.15, 0.2) is 0 Å². The van der Waals surface area contributed by atoms with E-state index in [9.17, 15) is 0 Å². The van der Waals surface area contributed by atoms with Gasteiger partial charge < -0.3 is 10.6 Å². The molecule has 0 aromatic carbocycles. The van der Waals surface area contributed by atoms with E-state index in [-0.39, 0.29) is 0 Å². The Morgan fingerprint density at radius 3 is 3.20 bits per heavy atom. The summed E-state index contributed by atoms with van der Waals surface area (Å²) in [7, 11) is 0. The van der Waals surface area contributed by atoms with Crippen LogP contribution in [0.1, 0.15) is 6.42 Å². The molecule has 4 heteroatoms. The minimum atomic E-state index is 0.727. The maximum absolute atomic E-state index is 4.05. The molecule has 1 fully saturated rings. The van der Waals surface area contributed by atoms with Crippen LogP contribution in [0.4, 0.5) is 5.69 Å². The molecule has 0 saturated carbocycles. The molecular formula is C11H17N3S. The molecular weight excluding hydrogens is 206 g/mol. The van der Waals surface area contributed by atoms with Crippen LogP contribution in [-0.2, 0) is 0 Å². The molecule has 1 atom stereocenters. The van der Waals surface area contributed by atoms with Gasteiger partial charge in [-0.1, -0.05) is 0 Å². The molecule has 0 bridgehead atoms. The largest absolute Gasteiger partial charge is 0.383 e. The lowest BCUT2D eigenvalue weighted by Gasteiger charge is -2.11. The van der Waals surface area contributed by atoms with E-state index in [0.29, 0.717) is 0 Å². The average Bonchev–Trinajstić information content (AvgIpc) is 2.79. The number of nitrogens with zero attached hydrogens (tertiary/aromatic N) is 1. The molecule has 82 valence electrons. The number of nitrogens with one attached hydrogen (secondary N) is 2. The summed E-state index contributed by atoms with van der Waals surface area (Å²) < 4.78 is 0. The van der Waals surface area contributed by atoms with Crippen molar-refractivity contribution in [1.82, 2.24) is 10.3 Å². The molecule has 0 amide bonds. The molecule has 1 aliphatic rings. The summed E-state index contributed by atoms with van der Waals surface area (Å²) in [5.74, 6) is 2.58. The van der Waals surface area contributed by atoms with Crippen LogP contribution in [-0.4, -0.2) is 35.6 Å². The van der Waals surface area contributed by atoms with E-state index in [1.807, 2.05) is 30.1 Å². The van der Waals surface area contributed by atoms with Crippen LogP contribution in [0.2, 0.25) is 0 Å². The predicted molar refractivity (Wildman–Crippen MR) is 66.5 cm³/mol. The lowest BCUT2D eigenvalue weighted by molar-refractivity contribution is 0.570. The maximum atomic E-state index is 4.05. The SMILES string of the molecule is c1cncc(NCCN[C@H]2CCSC2)c1. The van der Waals surface area contributed by atoms with E-state index in [2.05, 4.69) is 15.6 Å². The second-order valence-electron chi connectivity index (χ2n) is 3.68. The molecule has 0 radical (unpaired) electrons. The Kier molecular flexibility index (Phi) is 4.29. The van der Waals surface area contributed by atoms with Gasteiger partial charge in [-0.15, -0.1) is 0 Å². The molecule has 2 rings (SSSR count). The fraction of sp³-hybridized carbons (Fsp3) is 0.545. The third-order valence-corrected chi connectivity index (χ3v) is 3.64. The summed E-state index contributed by atoms with van der Waals surface area (Å²) in [5, 5.41) is 6.88. The van der Waals surface area contributed by atoms with Crippen LogP contribution in [0.15, 0.2) is 24.5 Å². The normalized spacial score (nSPS) is 20.4. The summed E-state index contributed by atoms with van der Waals surface area (Å²) >= 11 is 2.04. The van der Waals surface area contributed by atoms with Crippen molar-refractivity contribution in [1.29, 1.82) is 0 Å². The van der Waals surface area contributed by atoms with Gasteiger partial charge in [0.2, 0.25) is 0 Å². The van der Waals surface area contributed by atoms with Crippen molar-refractivity contribution in [3.05, 3.63) is 24.5 Å². The molecule has 3 nitrogen and oxygen atoms in total. The van der Waals surface area contributed by atoms with Crippen molar-refractivity contribution >= 4 is 17.4 Å². The first-order chi connectivity index (χ1) is 7.45. The minimum Gasteiger partial charge on any atom is -0.383 e. The first-order valence-electron chi connectivity index (χ1n) is 5.40. The topological polar surface area (TPSA) is 37.0 Å². The summed E-state index contributed by atoms with van der Waals surface area (Å²) in [5.41, 5.74) is 1.10. The van der Waals surface area contributed by atoms with Crippen molar-refractivity contribution in [2.45, 2.75) is 12.5 Å². The monoisotopic (exact) mass is 223 g/mol. The number of hydrogen-bond donors (Lipinski definition) is 2. The van der Waals surface area contributed by atoms with E-state index in [1.165, 1.54) is 17.9 Å². The molecule has 1 aromatic heterocycles. The highest BCUT2D eigenvalue weighted by atomic mass is 32.2. The number of aromatic nitrogens is 1. The Labute approximate surface area is 95.1 Å². The molecule has 0 spiro atoms. The van der Waals surface area contributed by atoms with Crippen LogP contribution in [0.25, 0.3) is 0 Å². The van der Waals surface area contributed by atoms with Gasteiger partial charge in [-0.25, -0.2) is 0 Å². The standard InChI is InChI=1S/C11H17N3S/c1-2-10(8-12-4-1)13-5-6-14-11-3-7-15-9-11/h1-2,4,8,11,13-14H,3,5-7,9H2/t11-/m0/s1. The Hall–Kier alpha value is -0.740. The summed E-state index contributed by atoms with van der Waals surface area (Å²) in [6.07, 6.45) is 4.96. The third-order valence-electron chi connectivity index (χ3n) is 2.48. The zero-order valence-electron chi connectivity index (χ0n) is 8.78. The van der Waals surface area contributed by atoms with Crippen molar-refractivity contribution in [3.63, 3.8) is 0 Å². The van der Waals surface area contributed by atoms with Gasteiger partial charge in [-0.3, -0.25) is 4.98 Å². The Bertz CT molecular complexity index is 272. The number of pyridine rings is 1. The molecule has 0 aliphatic carbocycles. The second kappa shape index (κ2) is 5.98. The van der Waals surface area contributed by atoms with E-state index < -0.39 is 0 Å². The van der Waals surface area contributed by atoms with Crippen molar-refractivity contribution in [2.75, 3.05) is 29.9 Å². The molecule has 2 N–H and O–H groups in total. The average molecular weight is 223 g/mol. The number of thioether (sulfide) groups is 1. The molecule has 2 heterocycles. The number of rotatable bonds is 5.